The second kappa shape index (κ2) is 10.3. The molecule has 5 rings (SSSR count). The van der Waals surface area contributed by atoms with Gasteiger partial charge in [-0.2, -0.15) is 0 Å². The number of likely N-dealkylation sites (tertiary alicyclic amines) is 1. The highest BCUT2D eigenvalue weighted by atomic mass is 16.5. The van der Waals surface area contributed by atoms with Gasteiger partial charge in [0.1, 0.15) is 11.3 Å². The zero-order valence-corrected chi connectivity index (χ0v) is 21.0. The van der Waals surface area contributed by atoms with Crippen molar-refractivity contribution in [2.24, 2.45) is 0 Å². The highest BCUT2D eigenvalue weighted by Gasteiger charge is 2.24. The summed E-state index contributed by atoms with van der Waals surface area (Å²) in [5.74, 6) is 0.662. The predicted octanol–water partition coefficient (Wildman–Crippen LogP) is 4.51. The van der Waals surface area contributed by atoms with E-state index in [0.717, 1.165) is 43.7 Å². The standard InChI is InChI=1S/C28H30N6O3/c1-18(19-8-7-11-23(15-19)37-2)34-25-24(16-21(17-30-25)27(36)33-12-4-3-5-13-33)31-28(34)32-26(35)20-9-6-10-22(29)14-20/h6-11,14-18H,3-5,12-13,29H2,1-2H3,(H,31,32,35)/t18-/m1/s1. The maximum Gasteiger partial charge on any atom is 0.258 e. The molecule has 3 N–H and O–H groups in total. The summed E-state index contributed by atoms with van der Waals surface area (Å²) in [4.78, 5) is 37.5. The van der Waals surface area contributed by atoms with Crippen LogP contribution in [0.3, 0.4) is 0 Å². The normalized spacial score (nSPS) is 14.4. The molecule has 1 atom stereocenters. The Morgan fingerprint density at radius 3 is 2.57 bits per heavy atom. The summed E-state index contributed by atoms with van der Waals surface area (Å²) < 4.78 is 7.27. The van der Waals surface area contributed by atoms with Gasteiger partial charge in [-0.15, -0.1) is 0 Å². The van der Waals surface area contributed by atoms with Crippen molar-refractivity contribution in [3.05, 3.63) is 77.5 Å². The van der Waals surface area contributed by atoms with Crippen LogP contribution in [0.15, 0.2) is 60.8 Å². The molecule has 0 unspecified atom stereocenters. The third-order valence-corrected chi connectivity index (χ3v) is 6.76. The number of methoxy groups -OCH3 is 1. The lowest BCUT2D eigenvalue weighted by atomic mass is 10.1. The van der Waals surface area contributed by atoms with Gasteiger partial charge in [-0.1, -0.05) is 18.2 Å². The Labute approximate surface area is 215 Å². The lowest BCUT2D eigenvalue weighted by molar-refractivity contribution is 0.0724. The lowest BCUT2D eigenvalue weighted by Gasteiger charge is -2.26. The van der Waals surface area contributed by atoms with Gasteiger partial charge in [-0.3, -0.25) is 19.5 Å². The second-order valence-electron chi connectivity index (χ2n) is 9.26. The van der Waals surface area contributed by atoms with Gasteiger partial charge in [0.25, 0.3) is 11.8 Å². The van der Waals surface area contributed by atoms with Crippen LogP contribution in [0.2, 0.25) is 0 Å². The van der Waals surface area contributed by atoms with E-state index in [-0.39, 0.29) is 17.9 Å². The van der Waals surface area contributed by atoms with Crippen molar-refractivity contribution in [3.8, 4) is 5.75 Å². The number of amides is 2. The highest BCUT2D eigenvalue weighted by Crippen LogP contribution is 2.30. The van der Waals surface area contributed by atoms with Crippen LogP contribution in [-0.4, -0.2) is 51.4 Å². The molecule has 9 nitrogen and oxygen atoms in total. The number of nitrogen functional groups attached to an aromatic ring is 1. The van der Waals surface area contributed by atoms with Gasteiger partial charge in [-0.05, 0) is 68.1 Å². The molecule has 1 aliphatic heterocycles. The zero-order chi connectivity index (χ0) is 25.9. The Morgan fingerprint density at radius 2 is 1.81 bits per heavy atom. The van der Waals surface area contributed by atoms with E-state index in [1.54, 1.807) is 43.6 Å². The summed E-state index contributed by atoms with van der Waals surface area (Å²) in [7, 11) is 1.62. The number of carbonyl (C=O) groups is 2. The number of ether oxygens (including phenoxy) is 1. The first-order chi connectivity index (χ1) is 17.9. The molecule has 1 saturated heterocycles. The van der Waals surface area contributed by atoms with Gasteiger partial charge in [0.2, 0.25) is 5.95 Å². The number of hydrogen-bond donors (Lipinski definition) is 2. The van der Waals surface area contributed by atoms with Crippen LogP contribution in [-0.2, 0) is 0 Å². The van der Waals surface area contributed by atoms with Crippen LogP contribution in [0.4, 0.5) is 11.6 Å². The van der Waals surface area contributed by atoms with E-state index in [2.05, 4.69) is 10.3 Å². The third-order valence-electron chi connectivity index (χ3n) is 6.76. The van der Waals surface area contributed by atoms with E-state index in [9.17, 15) is 9.59 Å². The van der Waals surface area contributed by atoms with Gasteiger partial charge in [0, 0.05) is 30.5 Å². The monoisotopic (exact) mass is 498 g/mol. The number of fused-ring (bicyclic) bond motifs is 1. The van der Waals surface area contributed by atoms with E-state index in [0.29, 0.717) is 33.9 Å². The first-order valence-electron chi connectivity index (χ1n) is 12.4. The number of pyridine rings is 1. The molecule has 190 valence electrons. The van der Waals surface area contributed by atoms with E-state index < -0.39 is 0 Å². The average molecular weight is 499 g/mol. The summed E-state index contributed by atoms with van der Waals surface area (Å²) in [6.07, 6.45) is 4.76. The van der Waals surface area contributed by atoms with Gasteiger partial charge >= 0.3 is 0 Å². The minimum absolute atomic E-state index is 0.0464. The van der Waals surface area contributed by atoms with Crippen molar-refractivity contribution in [1.29, 1.82) is 0 Å². The number of anilines is 2. The molecule has 4 aromatic rings. The van der Waals surface area contributed by atoms with Crippen LogP contribution < -0.4 is 15.8 Å². The minimum atomic E-state index is -0.341. The SMILES string of the molecule is COc1cccc([C@@H](C)n2c(NC(=O)c3cccc(N)c3)nc3cc(C(=O)N4CCCCC4)cnc32)c1. The summed E-state index contributed by atoms with van der Waals surface area (Å²) in [6, 6.07) is 16.0. The summed E-state index contributed by atoms with van der Waals surface area (Å²) in [6.45, 7) is 3.50. The molecular formula is C28H30N6O3. The molecule has 2 amide bonds. The lowest BCUT2D eigenvalue weighted by Crippen LogP contribution is -2.35. The summed E-state index contributed by atoms with van der Waals surface area (Å²) in [5, 5.41) is 2.93. The van der Waals surface area contributed by atoms with Crippen molar-refractivity contribution in [2.45, 2.75) is 32.2 Å². The van der Waals surface area contributed by atoms with Crippen molar-refractivity contribution in [2.75, 3.05) is 31.2 Å². The molecule has 3 heterocycles. The number of nitrogens with zero attached hydrogens (tertiary/aromatic N) is 4. The largest absolute Gasteiger partial charge is 0.497 e. The molecule has 0 aliphatic carbocycles. The molecule has 2 aromatic heterocycles. The number of piperidine rings is 1. The summed E-state index contributed by atoms with van der Waals surface area (Å²) >= 11 is 0. The number of benzene rings is 2. The van der Waals surface area contributed by atoms with E-state index in [1.165, 1.54) is 0 Å². The molecule has 0 saturated carbocycles. The maximum absolute atomic E-state index is 13.1. The Morgan fingerprint density at radius 1 is 1.03 bits per heavy atom. The Balaban J connectivity index is 1.56. The number of carbonyl (C=O) groups excluding carboxylic acids is 2. The molecule has 9 heteroatoms. The number of aromatic nitrogens is 3. The number of nitrogens with one attached hydrogen (secondary N) is 1. The van der Waals surface area contributed by atoms with Crippen molar-refractivity contribution in [3.63, 3.8) is 0 Å². The van der Waals surface area contributed by atoms with Crippen LogP contribution >= 0.6 is 0 Å². The number of hydrogen-bond acceptors (Lipinski definition) is 6. The van der Waals surface area contributed by atoms with Gasteiger partial charge < -0.3 is 15.4 Å². The van der Waals surface area contributed by atoms with E-state index >= 15 is 0 Å². The Hall–Kier alpha value is -4.40. The third kappa shape index (κ3) is 4.97. The first-order valence-corrected chi connectivity index (χ1v) is 12.4. The molecule has 37 heavy (non-hydrogen) atoms. The molecule has 1 aliphatic rings. The van der Waals surface area contributed by atoms with Crippen molar-refractivity contribution < 1.29 is 14.3 Å². The topological polar surface area (TPSA) is 115 Å². The smallest absolute Gasteiger partial charge is 0.258 e. The number of imidazole rings is 1. The van der Waals surface area contributed by atoms with Gasteiger partial charge in [0.05, 0.1) is 18.7 Å². The van der Waals surface area contributed by atoms with Gasteiger partial charge in [0.15, 0.2) is 5.65 Å². The Bertz CT molecular complexity index is 1460. The van der Waals surface area contributed by atoms with Crippen LogP contribution in [0.1, 0.15) is 58.5 Å². The van der Waals surface area contributed by atoms with Crippen LogP contribution in [0.5, 0.6) is 5.75 Å². The highest BCUT2D eigenvalue weighted by molar-refractivity contribution is 6.04. The molecular weight excluding hydrogens is 468 g/mol. The maximum atomic E-state index is 13.1. The molecule has 2 aromatic carbocycles. The van der Waals surface area contributed by atoms with Crippen LogP contribution in [0, 0.1) is 0 Å². The van der Waals surface area contributed by atoms with E-state index in [1.807, 2.05) is 40.7 Å². The summed E-state index contributed by atoms with van der Waals surface area (Å²) in [5.41, 5.74) is 9.32. The fraction of sp³-hybridized carbons (Fsp3) is 0.286. The van der Waals surface area contributed by atoms with Crippen molar-refractivity contribution >= 4 is 34.6 Å². The fourth-order valence-corrected chi connectivity index (χ4v) is 4.74. The molecule has 1 fully saturated rings. The number of rotatable bonds is 6. The first kappa shape index (κ1) is 24.3. The second-order valence-corrected chi connectivity index (χ2v) is 9.26. The van der Waals surface area contributed by atoms with Crippen LogP contribution in [0.25, 0.3) is 11.2 Å². The fourth-order valence-electron chi connectivity index (χ4n) is 4.74. The number of nitrogens with two attached hydrogens (primary N) is 1. The molecule has 0 radical (unpaired) electrons. The van der Waals surface area contributed by atoms with Crippen molar-refractivity contribution in [1.82, 2.24) is 19.4 Å². The predicted molar refractivity (Wildman–Crippen MR) is 143 cm³/mol. The quantitative estimate of drug-likeness (QED) is 0.378. The van der Waals surface area contributed by atoms with Gasteiger partial charge in [-0.25, -0.2) is 9.97 Å². The minimum Gasteiger partial charge on any atom is -0.497 e. The van der Waals surface area contributed by atoms with E-state index in [4.69, 9.17) is 15.5 Å². The Kier molecular flexibility index (Phi) is 6.76. The molecule has 0 bridgehead atoms. The average Bonchev–Trinajstić information content (AvgIpc) is 3.29. The zero-order valence-electron chi connectivity index (χ0n) is 21.0. The molecule has 0 spiro atoms.